The van der Waals surface area contributed by atoms with Gasteiger partial charge in [-0.1, -0.05) is 0 Å². The van der Waals surface area contributed by atoms with E-state index in [2.05, 4.69) is 0 Å². The van der Waals surface area contributed by atoms with Crippen molar-refractivity contribution in [3.63, 3.8) is 0 Å². The summed E-state index contributed by atoms with van der Waals surface area (Å²) in [7, 11) is 0. The summed E-state index contributed by atoms with van der Waals surface area (Å²) in [5, 5.41) is 34.8. The topological polar surface area (TPSA) is 149 Å². The molecule has 12 nitrogen and oxygen atoms in total. The van der Waals surface area contributed by atoms with Crippen LogP contribution in [0.3, 0.4) is 0 Å². The zero-order chi connectivity index (χ0) is 19.1. The first-order valence-corrected chi connectivity index (χ1v) is 8.07. The van der Waals surface area contributed by atoms with Gasteiger partial charge in [0.1, 0.15) is 22.3 Å². The molecule has 1 aromatic heterocycles. The summed E-state index contributed by atoms with van der Waals surface area (Å²) in [6, 6.07) is 2.67. The van der Waals surface area contributed by atoms with Crippen LogP contribution in [0.1, 0.15) is 25.8 Å². The van der Waals surface area contributed by atoms with E-state index < -0.39 is 43.3 Å². The Morgan fingerprint density at radius 3 is 1.77 bits per heavy atom. The van der Waals surface area contributed by atoms with Crippen LogP contribution >= 0.6 is 0 Å². The highest BCUT2D eigenvalue weighted by molar-refractivity contribution is 5.27. The number of rotatable bonds is 4. The number of furan rings is 1. The van der Waals surface area contributed by atoms with Gasteiger partial charge in [-0.3, -0.25) is 40.1 Å². The van der Waals surface area contributed by atoms with Crippen molar-refractivity contribution in [1.82, 2.24) is 9.80 Å². The Labute approximate surface area is 146 Å². The first-order chi connectivity index (χ1) is 12.1. The van der Waals surface area contributed by atoms with Crippen LogP contribution in [0.15, 0.2) is 16.5 Å². The Morgan fingerprint density at radius 1 is 0.962 bits per heavy atom. The zero-order valence-electron chi connectivity index (χ0n) is 14.2. The van der Waals surface area contributed by atoms with Crippen LogP contribution in [0.2, 0.25) is 0 Å². The predicted octanol–water partition coefficient (Wildman–Crippen LogP) is 0.888. The third kappa shape index (κ3) is 1.70. The smallest absolute Gasteiger partial charge is 0.403 e. The molecule has 5 rings (SSSR count). The van der Waals surface area contributed by atoms with E-state index in [1.165, 1.54) is 12.1 Å². The minimum Gasteiger partial charge on any atom is -0.403 e. The number of hydrogen-bond donors (Lipinski definition) is 0. The molecule has 0 amide bonds. The van der Waals surface area contributed by atoms with E-state index >= 15 is 0 Å². The lowest BCUT2D eigenvalue weighted by Crippen LogP contribution is -2.88. The molecular formula is C14H17N5O7. The van der Waals surface area contributed by atoms with Crippen LogP contribution in [-0.2, 0) is 0 Å². The summed E-state index contributed by atoms with van der Waals surface area (Å²) >= 11 is 0. The van der Waals surface area contributed by atoms with Crippen LogP contribution in [0, 0.1) is 35.8 Å². The summed E-state index contributed by atoms with van der Waals surface area (Å²) < 4.78 is 5.29. The second-order valence-corrected chi connectivity index (χ2v) is 7.82. The van der Waals surface area contributed by atoms with Crippen molar-refractivity contribution < 1.29 is 19.2 Å². The molecule has 5 heterocycles. The second-order valence-electron chi connectivity index (χ2n) is 7.82. The van der Waals surface area contributed by atoms with Gasteiger partial charge in [-0.05, 0) is 19.9 Å². The zero-order valence-corrected chi connectivity index (χ0v) is 14.2. The van der Waals surface area contributed by atoms with Gasteiger partial charge < -0.3 is 4.42 Å². The molecular weight excluding hydrogens is 350 g/mol. The molecule has 0 saturated carbocycles. The Bertz CT molecular complexity index is 781. The Hall–Kier alpha value is -2.60. The minimum absolute atomic E-state index is 0.0260. The van der Waals surface area contributed by atoms with Crippen LogP contribution in [0.4, 0.5) is 5.88 Å². The van der Waals surface area contributed by atoms with Crippen molar-refractivity contribution in [2.75, 3.05) is 26.2 Å². The van der Waals surface area contributed by atoms with Crippen molar-refractivity contribution >= 4 is 5.88 Å². The largest absolute Gasteiger partial charge is 0.433 e. The van der Waals surface area contributed by atoms with Crippen molar-refractivity contribution in [3.05, 3.63) is 48.2 Å². The third-order valence-corrected chi connectivity index (χ3v) is 6.62. The van der Waals surface area contributed by atoms with Gasteiger partial charge in [0.15, 0.2) is 0 Å². The van der Waals surface area contributed by atoms with Gasteiger partial charge in [-0.25, -0.2) is 0 Å². The second kappa shape index (κ2) is 4.76. The van der Waals surface area contributed by atoms with Gasteiger partial charge in [0.25, 0.3) is 11.1 Å². The summed E-state index contributed by atoms with van der Waals surface area (Å²) in [6.07, 6.45) is -0.582. The van der Waals surface area contributed by atoms with E-state index in [1.54, 1.807) is 23.6 Å². The van der Waals surface area contributed by atoms with Gasteiger partial charge in [-0.15, -0.1) is 0 Å². The average molecular weight is 367 g/mol. The minimum atomic E-state index is -1.49. The Balaban J connectivity index is 1.81. The van der Waals surface area contributed by atoms with E-state index in [0.29, 0.717) is 0 Å². The van der Waals surface area contributed by atoms with Gasteiger partial charge in [0, 0.05) is 9.85 Å². The Kier molecular flexibility index (Phi) is 3.09. The lowest BCUT2D eigenvalue weighted by atomic mass is 9.53. The standard InChI is InChI=1S/C14H17N5O7/c1-12(2)13(18(22)23)5-15-7-14(12,19(24)25)8-16(6-13)11(15)9-3-4-10(26-9)17(20)21/h3-4,11H,5-8H2,1-2H3. The number of nitrogens with zero attached hydrogens (tertiary/aromatic N) is 5. The first kappa shape index (κ1) is 16.8. The molecule has 0 unspecified atom stereocenters. The Morgan fingerprint density at radius 2 is 1.42 bits per heavy atom. The highest BCUT2D eigenvalue weighted by Gasteiger charge is 2.82. The fraction of sp³-hybridized carbons (Fsp3) is 0.714. The summed E-state index contributed by atoms with van der Waals surface area (Å²) in [6.45, 7) is 3.31. The molecule has 4 fully saturated rings. The highest BCUT2D eigenvalue weighted by atomic mass is 16.7. The van der Waals surface area contributed by atoms with Gasteiger partial charge in [0.05, 0.1) is 32.2 Å². The van der Waals surface area contributed by atoms with Gasteiger partial charge in [0.2, 0.25) is 0 Å². The first-order valence-electron chi connectivity index (χ1n) is 8.07. The van der Waals surface area contributed by atoms with Crippen molar-refractivity contribution in [2.24, 2.45) is 5.41 Å². The van der Waals surface area contributed by atoms with E-state index in [9.17, 15) is 30.3 Å². The maximum atomic E-state index is 12.0. The fourth-order valence-corrected chi connectivity index (χ4v) is 4.98. The highest BCUT2D eigenvalue weighted by Crippen LogP contribution is 2.58. The van der Waals surface area contributed by atoms with Crippen molar-refractivity contribution in [3.8, 4) is 0 Å². The quantitative estimate of drug-likeness (QED) is 0.558. The van der Waals surface area contributed by atoms with Crippen LogP contribution in [0.25, 0.3) is 0 Å². The summed E-state index contributed by atoms with van der Waals surface area (Å²) in [5.41, 5.74) is -4.14. The molecule has 0 aromatic carbocycles. The number of piperidine rings is 2. The number of nitro groups is 3. The molecule has 4 aliphatic rings. The maximum Gasteiger partial charge on any atom is 0.433 e. The maximum absolute atomic E-state index is 12.0. The molecule has 26 heavy (non-hydrogen) atoms. The van der Waals surface area contributed by atoms with Gasteiger partial charge >= 0.3 is 5.88 Å². The van der Waals surface area contributed by atoms with Crippen LogP contribution < -0.4 is 0 Å². The predicted molar refractivity (Wildman–Crippen MR) is 84.5 cm³/mol. The lowest BCUT2D eigenvalue weighted by Gasteiger charge is -2.65. The molecule has 0 N–H and O–H groups in total. The van der Waals surface area contributed by atoms with E-state index in [-0.39, 0.29) is 31.9 Å². The molecule has 4 bridgehead atoms. The molecule has 0 atom stereocenters. The average Bonchev–Trinajstić information content (AvgIpc) is 3.00. The molecule has 140 valence electrons. The molecule has 12 heteroatoms. The SMILES string of the molecule is CC1(C)C2([N+](=O)[O-])CN3CC1([N+](=O)[O-])CN(C2)C3c1ccc([N+](=O)[O-])o1. The molecule has 1 aromatic rings. The van der Waals surface area contributed by atoms with E-state index in [4.69, 9.17) is 4.42 Å². The van der Waals surface area contributed by atoms with Crippen molar-refractivity contribution in [2.45, 2.75) is 31.1 Å². The summed E-state index contributed by atoms with van der Waals surface area (Å²) in [4.78, 5) is 36.7. The number of hydrogen-bond acceptors (Lipinski definition) is 9. The third-order valence-electron chi connectivity index (χ3n) is 6.62. The molecule has 0 spiro atoms. The normalized spacial score (nSPS) is 39.7. The van der Waals surface area contributed by atoms with E-state index in [1.807, 2.05) is 0 Å². The van der Waals surface area contributed by atoms with Crippen LogP contribution in [0.5, 0.6) is 0 Å². The van der Waals surface area contributed by atoms with E-state index in [0.717, 1.165) is 0 Å². The monoisotopic (exact) mass is 367 g/mol. The molecule has 4 saturated heterocycles. The van der Waals surface area contributed by atoms with Gasteiger partial charge in [-0.2, -0.15) is 0 Å². The lowest BCUT2D eigenvalue weighted by molar-refractivity contribution is -0.679. The fourth-order valence-electron chi connectivity index (χ4n) is 4.98. The summed E-state index contributed by atoms with van der Waals surface area (Å²) in [5.74, 6) is -0.158. The van der Waals surface area contributed by atoms with Crippen LogP contribution in [-0.4, -0.2) is 61.8 Å². The molecule has 0 aliphatic carbocycles. The molecule has 4 aliphatic heterocycles. The van der Waals surface area contributed by atoms with Crippen molar-refractivity contribution in [1.29, 1.82) is 0 Å². The molecule has 0 radical (unpaired) electrons.